The van der Waals surface area contributed by atoms with Crippen molar-refractivity contribution in [2.75, 3.05) is 0 Å². The zero-order valence-electron chi connectivity index (χ0n) is 13.3. The highest BCUT2D eigenvalue weighted by molar-refractivity contribution is 5.77. The number of hydrogen-bond acceptors (Lipinski definition) is 2. The highest BCUT2D eigenvalue weighted by atomic mass is 16.4. The number of rotatable bonds is 6. The highest BCUT2D eigenvalue weighted by Gasteiger charge is 2.30. The first kappa shape index (κ1) is 16.5. The van der Waals surface area contributed by atoms with Gasteiger partial charge in [-0.25, -0.2) is 0 Å². The molecule has 0 heterocycles. The molecule has 0 saturated heterocycles. The van der Waals surface area contributed by atoms with Crippen molar-refractivity contribution in [1.29, 1.82) is 0 Å². The molecule has 0 aromatic heterocycles. The molecule has 4 heteroatoms. The van der Waals surface area contributed by atoms with Crippen molar-refractivity contribution in [3.05, 3.63) is 35.9 Å². The summed E-state index contributed by atoms with van der Waals surface area (Å²) in [5.74, 6) is -1.02. The van der Waals surface area contributed by atoms with Crippen LogP contribution in [0.1, 0.15) is 51.5 Å². The van der Waals surface area contributed by atoms with Crippen LogP contribution >= 0.6 is 0 Å². The van der Waals surface area contributed by atoms with E-state index in [9.17, 15) is 9.59 Å². The number of carbonyl (C=O) groups excluding carboxylic acids is 1. The number of benzene rings is 1. The van der Waals surface area contributed by atoms with Gasteiger partial charge in [-0.3, -0.25) is 9.59 Å². The summed E-state index contributed by atoms with van der Waals surface area (Å²) in [5.41, 5.74) is 1.19. The van der Waals surface area contributed by atoms with Crippen molar-refractivity contribution < 1.29 is 14.7 Å². The molecule has 4 nitrogen and oxygen atoms in total. The number of carboxylic acids is 1. The summed E-state index contributed by atoms with van der Waals surface area (Å²) in [6, 6.07) is 10.2. The number of carbonyl (C=O) groups is 2. The van der Waals surface area contributed by atoms with Crippen LogP contribution in [0.3, 0.4) is 0 Å². The van der Waals surface area contributed by atoms with Crippen LogP contribution in [0.5, 0.6) is 0 Å². The summed E-state index contributed by atoms with van der Waals surface area (Å²) in [5, 5.41) is 12.0. The van der Waals surface area contributed by atoms with Gasteiger partial charge in [0.2, 0.25) is 5.91 Å². The van der Waals surface area contributed by atoms with Crippen LogP contribution in [0.25, 0.3) is 0 Å². The first-order valence-corrected chi connectivity index (χ1v) is 7.96. The lowest BCUT2D eigenvalue weighted by molar-refractivity contribution is -0.141. The molecule has 1 aromatic rings. The number of nitrogens with one attached hydrogen (secondary N) is 1. The normalized spacial score (nSPS) is 21.5. The van der Waals surface area contributed by atoms with Gasteiger partial charge in [-0.05, 0) is 36.7 Å². The fourth-order valence-electron chi connectivity index (χ4n) is 3.10. The van der Waals surface area contributed by atoms with Crippen molar-refractivity contribution in [2.24, 2.45) is 5.92 Å². The fraction of sp³-hybridized carbons (Fsp3) is 0.556. The second-order valence-electron chi connectivity index (χ2n) is 6.86. The topological polar surface area (TPSA) is 66.4 Å². The summed E-state index contributed by atoms with van der Waals surface area (Å²) < 4.78 is 0. The third-order valence-electron chi connectivity index (χ3n) is 4.68. The lowest BCUT2D eigenvalue weighted by Gasteiger charge is -2.25. The Morgan fingerprint density at radius 3 is 2.50 bits per heavy atom. The van der Waals surface area contributed by atoms with E-state index < -0.39 is 5.97 Å². The Labute approximate surface area is 131 Å². The molecule has 0 aliphatic heterocycles. The summed E-state index contributed by atoms with van der Waals surface area (Å²) in [6.45, 7) is 4.29. The van der Waals surface area contributed by atoms with E-state index in [1.165, 1.54) is 5.56 Å². The minimum Gasteiger partial charge on any atom is -0.481 e. The van der Waals surface area contributed by atoms with Gasteiger partial charge >= 0.3 is 5.97 Å². The van der Waals surface area contributed by atoms with Gasteiger partial charge in [0.15, 0.2) is 0 Å². The molecule has 1 fully saturated rings. The maximum Gasteiger partial charge on any atom is 0.306 e. The Morgan fingerprint density at radius 2 is 1.91 bits per heavy atom. The zero-order chi connectivity index (χ0) is 16.2. The molecule has 1 aliphatic carbocycles. The number of amides is 1. The minimum absolute atomic E-state index is 0.0217. The Bertz CT molecular complexity index is 524. The molecule has 2 rings (SSSR count). The molecule has 2 atom stereocenters. The van der Waals surface area contributed by atoms with E-state index >= 15 is 0 Å². The molecule has 1 saturated carbocycles. The lowest BCUT2D eigenvalue weighted by Crippen LogP contribution is -2.34. The van der Waals surface area contributed by atoms with Gasteiger partial charge in [-0.2, -0.15) is 0 Å². The van der Waals surface area contributed by atoms with Crippen molar-refractivity contribution in [1.82, 2.24) is 5.32 Å². The number of aliphatic carboxylic acids is 1. The predicted molar refractivity (Wildman–Crippen MR) is 85.6 cm³/mol. The first-order chi connectivity index (χ1) is 10.4. The van der Waals surface area contributed by atoms with Gasteiger partial charge in [-0.15, -0.1) is 0 Å². The minimum atomic E-state index is -0.748. The second kappa shape index (κ2) is 6.95. The number of carboxylic acid groups (broad SMARTS) is 1. The van der Waals surface area contributed by atoms with E-state index in [1.807, 2.05) is 18.2 Å². The maximum absolute atomic E-state index is 12.1. The zero-order valence-corrected chi connectivity index (χ0v) is 13.3. The Morgan fingerprint density at radius 1 is 1.23 bits per heavy atom. The molecule has 0 radical (unpaired) electrons. The van der Waals surface area contributed by atoms with Crippen LogP contribution in [0.2, 0.25) is 0 Å². The van der Waals surface area contributed by atoms with Crippen LogP contribution in [0.15, 0.2) is 30.3 Å². The smallest absolute Gasteiger partial charge is 0.306 e. The molecule has 1 amide bonds. The maximum atomic E-state index is 12.1. The van der Waals surface area contributed by atoms with E-state index in [0.29, 0.717) is 19.3 Å². The Hall–Kier alpha value is -1.84. The average Bonchev–Trinajstić information content (AvgIpc) is 2.95. The number of hydrogen-bond donors (Lipinski definition) is 2. The van der Waals surface area contributed by atoms with Gasteiger partial charge in [0.1, 0.15) is 0 Å². The van der Waals surface area contributed by atoms with Gasteiger partial charge < -0.3 is 10.4 Å². The average molecular weight is 303 g/mol. The summed E-state index contributed by atoms with van der Waals surface area (Å²) >= 11 is 0. The Kier molecular flexibility index (Phi) is 5.22. The molecule has 1 aromatic carbocycles. The molecule has 22 heavy (non-hydrogen) atoms. The largest absolute Gasteiger partial charge is 0.481 e. The quantitative estimate of drug-likeness (QED) is 0.848. The van der Waals surface area contributed by atoms with Gasteiger partial charge in [0.25, 0.3) is 0 Å². The molecule has 0 spiro atoms. The molecular weight excluding hydrogens is 278 g/mol. The second-order valence-corrected chi connectivity index (χ2v) is 6.86. The van der Waals surface area contributed by atoms with Crippen LogP contribution in [-0.2, 0) is 15.0 Å². The molecule has 0 unspecified atom stereocenters. The molecule has 120 valence electrons. The Balaban J connectivity index is 1.80. The van der Waals surface area contributed by atoms with Crippen LogP contribution in [-0.4, -0.2) is 23.0 Å². The van der Waals surface area contributed by atoms with E-state index in [0.717, 1.165) is 12.8 Å². The van der Waals surface area contributed by atoms with Crippen LogP contribution < -0.4 is 5.32 Å². The highest BCUT2D eigenvalue weighted by Crippen LogP contribution is 2.29. The van der Waals surface area contributed by atoms with Gasteiger partial charge in [-0.1, -0.05) is 44.2 Å². The molecule has 2 N–H and O–H groups in total. The standard InChI is InChI=1S/C18H25NO3/c1-18(2,14-6-4-3-5-7-14)11-10-16(20)19-15-9-8-13(12-15)17(21)22/h3-7,13,15H,8-12H2,1-2H3,(H,19,20)(H,21,22)/t13-,15+/m1/s1. The monoisotopic (exact) mass is 303 g/mol. The van der Waals surface area contributed by atoms with Crippen molar-refractivity contribution >= 4 is 11.9 Å². The van der Waals surface area contributed by atoms with Crippen molar-refractivity contribution in [3.63, 3.8) is 0 Å². The van der Waals surface area contributed by atoms with Crippen molar-refractivity contribution in [3.8, 4) is 0 Å². The SMILES string of the molecule is CC(C)(CCC(=O)N[C@H]1CC[C@@H](C(=O)O)C1)c1ccccc1. The van der Waals surface area contributed by atoms with E-state index in [2.05, 4.69) is 31.3 Å². The van der Waals surface area contributed by atoms with E-state index in [-0.39, 0.29) is 23.3 Å². The summed E-state index contributed by atoms with van der Waals surface area (Å²) in [7, 11) is 0. The lowest BCUT2D eigenvalue weighted by atomic mass is 9.80. The van der Waals surface area contributed by atoms with Crippen molar-refractivity contribution in [2.45, 2.75) is 57.4 Å². The fourth-order valence-corrected chi connectivity index (χ4v) is 3.10. The molecule has 0 bridgehead atoms. The first-order valence-electron chi connectivity index (χ1n) is 7.96. The third kappa shape index (κ3) is 4.33. The summed E-state index contributed by atoms with van der Waals surface area (Å²) in [4.78, 5) is 23.0. The van der Waals surface area contributed by atoms with Gasteiger partial charge in [0.05, 0.1) is 5.92 Å². The van der Waals surface area contributed by atoms with Crippen LogP contribution in [0, 0.1) is 5.92 Å². The molecular formula is C18H25NO3. The van der Waals surface area contributed by atoms with Crippen LogP contribution in [0.4, 0.5) is 0 Å². The van der Waals surface area contributed by atoms with Gasteiger partial charge in [0, 0.05) is 12.5 Å². The van der Waals surface area contributed by atoms with E-state index in [1.54, 1.807) is 0 Å². The van der Waals surface area contributed by atoms with E-state index in [4.69, 9.17) is 5.11 Å². The predicted octanol–water partition coefficient (Wildman–Crippen LogP) is 3.11. The third-order valence-corrected chi connectivity index (χ3v) is 4.68. The molecule has 1 aliphatic rings. The summed E-state index contributed by atoms with van der Waals surface area (Å²) in [6.07, 6.45) is 3.23.